The molecule has 0 aliphatic rings. The Morgan fingerprint density at radius 2 is 2.14 bits per heavy atom. The van der Waals surface area contributed by atoms with Crippen molar-refractivity contribution in [3.8, 4) is 0 Å². The Labute approximate surface area is 132 Å². The molecule has 1 rings (SSSR count). The normalized spacial score (nSPS) is 12.4. The highest BCUT2D eigenvalue weighted by Gasteiger charge is 2.16. The lowest BCUT2D eigenvalue weighted by molar-refractivity contribution is 0.473. The number of nitrogens with zero attached hydrogens (tertiary/aromatic N) is 2. The maximum atomic E-state index is 13.2. The third-order valence-electron chi connectivity index (χ3n) is 3.17. The first-order valence-corrected chi connectivity index (χ1v) is 8.39. The molecule has 0 aliphatic carbocycles. The van der Waals surface area contributed by atoms with Crippen LogP contribution in [0.1, 0.15) is 26.3 Å². The SMILES string of the molecule is CCNC(=NCC(C)(C)SC)N(C)Cc1cccc(F)c1. The molecule has 5 heteroatoms. The van der Waals surface area contributed by atoms with Gasteiger partial charge in [0.15, 0.2) is 5.96 Å². The van der Waals surface area contributed by atoms with Crippen LogP contribution in [0.15, 0.2) is 29.3 Å². The van der Waals surface area contributed by atoms with E-state index in [-0.39, 0.29) is 10.6 Å². The molecule has 0 saturated carbocycles. The molecule has 1 N–H and O–H groups in total. The van der Waals surface area contributed by atoms with Crippen LogP contribution in [-0.4, -0.2) is 42.0 Å². The molecule has 0 bridgehead atoms. The zero-order valence-electron chi connectivity index (χ0n) is 13.6. The lowest BCUT2D eigenvalue weighted by atomic mass is 10.2. The van der Waals surface area contributed by atoms with Crippen molar-refractivity contribution in [3.05, 3.63) is 35.6 Å². The first-order valence-electron chi connectivity index (χ1n) is 7.17. The van der Waals surface area contributed by atoms with Crippen molar-refractivity contribution in [1.82, 2.24) is 10.2 Å². The Morgan fingerprint density at radius 3 is 2.71 bits per heavy atom. The number of aliphatic imine (C=N–C) groups is 1. The zero-order valence-corrected chi connectivity index (χ0v) is 14.4. The fourth-order valence-corrected chi connectivity index (χ4v) is 1.98. The molecule has 0 aliphatic heterocycles. The van der Waals surface area contributed by atoms with E-state index in [9.17, 15) is 4.39 Å². The van der Waals surface area contributed by atoms with E-state index in [2.05, 4.69) is 25.4 Å². The minimum Gasteiger partial charge on any atom is -0.357 e. The van der Waals surface area contributed by atoms with Crippen molar-refractivity contribution in [2.75, 3.05) is 26.4 Å². The van der Waals surface area contributed by atoms with E-state index >= 15 is 0 Å². The number of benzene rings is 1. The molecule has 0 heterocycles. The highest BCUT2D eigenvalue weighted by Crippen LogP contribution is 2.21. The molecule has 0 aromatic heterocycles. The quantitative estimate of drug-likeness (QED) is 0.645. The van der Waals surface area contributed by atoms with Gasteiger partial charge in [-0.2, -0.15) is 11.8 Å². The van der Waals surface area contributed by atoms with Gasteiger partial charge in [0.1, 0.15) is 5.82 Å². The molecular formula is C16H26FN3S. The Morgan fingerprint density at radius 1 is 1.43 bits per heavy atom. The van der Waals surface area contributed by atoms with Gasteiger partial charge in [0.05, 0.1) is 6.54 Å². The standard InChI is InChI=1S/C16H26FN3S/c1-6-18-15(19-12-16(2,3)21-5)20(4)11-13-8-7-9-14(17)10-13/h7-10H,6,11-12H2,1-5H3,(H,18,19). The molecule has 3 nitrogen and oxygen atoms in total. The highest BCUT2D eigenvalue weighted by molar-refractivity contribution is 7.99. The molecule has 21 heavy (non-hydrogen) atoms. The van der Waals surface area contributed by atoms with Crippen LogP contribution < -0.4 is 5.32 Å². The molecule has 0 radical (unpaired) electrons. The number of thioether (sulfide) groups is 1. The number of rotatable bonds is 6. The van der Waals surface area contributed by atoms with Crippen LogP contribution in [0.25, 0.3) is 0 Å². The number of hydrogen-bond acceptors (Lipinski definition) is 2. The van der Waals surface area contributed by atoms with Crippen molar-refractivity contribution >= 4 is 17.7 Å². The van der Waals surface area contributed by atoms with Crippen molar-refractivity contribution < 1.29 is 4.39 Å². The van der Waals surface area contributed by atoms with Crippen molar-refractivity contribution in [3.63, 3.8) is 0 Å². The topological polar surface area (TPSA) is 27.6 Å². The van der Waals surface area contributed by atoms with Crippen LogP contribution in [0.5, 0.6) is 0 Å². The number of hydrogen-bond donors (Lipinski definition) is 1. The highest BCUT2D eigenvalue weighted by atomic mass is 32.2. The summed E-state index contributed by atoms with van der Waals surface area (Å²) in [6.07, 6.45) is 2.10. The molecule has 0 saturated heterocycles. The van der Waals surface area contributed by atoms with Gasteiger partial charge in [-0.05, 0) is 44.7 Å². The van der Waals surface area contributed by atoms with Crippen LogP contribution in [0, 0.1) is 5.82 Å². The number of halogens is 1. The van der Waals surface area contributed by atoms with Crippen LogP contribution in [0.4, 0.5) is 4.39 Å². The summed E-state index contributed by atoms with van der Waals surface area (Å²) in [5, 5.41) is 3.29. The maximum absolute atomic E-state index is 13.2. The van der Waals surface area contributed by atoms with E-state index in [1.807, 2.05) is 24.9 Å². The second-order valence-electron chi connectivity index (χ2n) is 5.62. The van der Waals surface area contributed by atoms with Crippen LogP contribution >= 0.6 is 11.8 Å². The van der Waals surface area contributed by atoms with Gasteiger partial charge < -0.3 is 10.2 Å². The van der Waals surface area contributed by atoms with Crippen LogP contribution in [0.2, 0.25) is 0 Å². The molecule has 1 aromatic carbocycles. The molecule has 0 atom stereocenters. The second-order valence-corrected chi connectivity index (χ2v) is 7.13. The molecule has 0 spiro atoms. The number of nitrogens with one attached hydrogen (secondary N) is 1. The van der Waals surface area contributed by atoms with E-state index in [4.69, 9.17) is 4.99 Å². The van der Waals surface area contributed by atoms with E-state index in [1.54, 1.807) is 23.9 Å². The summed E-state index contributed by atoms with van der Waals surface area (Å²) >= 11 is 1.80. The van der Waals surface area contributed by atoms with E-state index in [0.717, 1.165) is 24.6 Å². The van der Waals surface area contributed by atoms with Crippen molar-refractivity contribution in [1.29, 1.82) is 0 Å². The van der Waals surface area contributed by atoms with Crippen molar-refractivity contribution in [2.24, 2.45) is 4.99 Å². The molecule has 0 unspecified atom stereocenters. The van der Waals surface area contributed by atoms with Gasteiger partial charge in [0.25, 0.3) is 0 Å². The zero-order chi connectivity index (χ0) is 15.9. The van der Waals surface area contributed by atoms with Gasteiger partial charge >= 0.3 is 0 Å². The van der Waals surface area contributed by atoms with Crippen LogP contribution in [0.3, 0.4) is 0 Å². The fourth-order valence-electron chi connectivity index (χ4n) is 1.78. The van der Waals surface area contributed by atoms with Gasteiger partial charge in [-0.25, -0.2) is 4.39 Å². The summed E-state index contributed by atoms with van der Waals surface area (Å²) in [7, 11) is 1.97. The van der Waals surface area contributed by atoms with Crippen molar-refractivity contribution in [2.45, 2.75) is 32.1 Å². The summed E-state index contributed by atoms with van der Waals surface area (Å²) < 4.78 is 13.4. The summed E-state index contributed by atoms with van der Waals surface area (Å²) in [5.74, 6) is 0.648. The third-order valence-corrected chi connectivity index (χ3v) is 4.40. The molecule has 0 fully saturated rings. The average Bonchev–Trinajstić information content (AvgIpc) is 2.43. The smallest absolute Gasteiger partial charge is 0.194 e. The van der Waals surface area contributed by atoms with Gasteiger partial charge in [-0.1, -0.05) is 12.1 Å². The molecule has 1 aromatic rings. The largest absolute Gasteiger partial charge is 0.357 e. The summed E-state index contributed by atoms with van der Waals surface area (Å²) in [6.45, 7) is 8.58. The Bertz CT molecular complexity index is 474. The molecule has 118 valence electrons. The lowest BCUT2D eigenvalue weighted by Gasteiger charge is -2.25. The fraction of sp³-hybridized carbons (Fsp3) is 0.562. The van der Waals surface area contributed by atoms with E-state index < -0.39 is 0 Å². The van der Waals surface area contributed by atoms with Crippen LogP contribution in [-0.2, 0) is 6.54 Å². The van der Waals surface area contributed by atoms with E-state index in [1.165, 1.54) is 6.07 Å². The number of guanidine groups is 1. The predicted molar refractivity (Wildman–Crippen MR) is 91.4 cm³/mol. The summed E-state index contributed by atoms with van der Waals surface area (Å²) in [5.41, 5.74) is 0.937. The Kier molecular flexibility index (Phi) is 7.02. The predicted octanol–water partition coefficient (Wildman–Crippen LogP) is 3.36. The Balaban J connectivity index is 2.77. The van der Waals surface area contributed by atoms with E-state index in [0.29, 0.717) is 6.54 Å². The molecular weight excluding hydrogens is 285 g/mol. The third kappa shape index (κ3) is 6.38. The molecule has 0 amide bonds. The minimum atomic E-state index is -0.202. The maximum Gasteiger partial charge on any atom is 0.194 e. The minimum absolute atomic E-state index is 0.111. The first kappa shape index (κ1) is 17.8. The van der Waals surface area contributed by atoms with Gasteiger partial charge in [0, 0.05) is 24.9 Å². The Hall–Kier alpha value is -1.23. The summed E-state index contributed by atoms with van der Waals surface area (Å²) in [6, 6.07) is 6.68. The monoisotopic (exact) mass is 311 g/mol. The summed E-state index contributed by atoms with van der Waals surface area (Å²) in [4.78, 5) is 6.71. The van der Waals surface area contributed by atoms with Gasteiger partial charge in [-0.3, -0.25) is 4.99 Å². The average molecular weight is 311 g/mol. The van der Waals surface area contributed by atoms with Gasteiger partial charge in [0.2, 0.25) is 0 Å². The first-order chi connectivity index (χ1) is 9.88. The lowest BCUT2D eigenvalue weighted by Crippen LogP contribution is -2.39. The van der Waals surface area contributed by atoms with Gasteiger partial charge in [-0.15, -0.1) is 0 Å². The second kappa shape index (κ2) is 8.27.